The average Bonchev–Trinajstić information content (AvgIpc) is 2.98. The number of carbonyl (C=O) groups is 3. The summed E-state index contributed by atoms with van der Waals surface area (Å²) in [7, 11) is 0. The highest BCUT2D eigenvalue weighted by Gasteiger charge is 2.30. The summed E-state index contributed by atoms with van der Waals surface area (Å²) in [6, 6.07) is 33.9. The number of ether oxygens (including phenoxy) is 2. The molecule has 0 aliphatic heterocycles. The molecule has 0 unspecified atom stereocenters. The molecule has 0 bridgehead atoms. The van der Waals surface area contributed by atoms with Gasteiger partial charge in [-0.25, -0.2) is 9.59 Å². The lowest BCUT2D eigenvalue weighted by Crippen LogP contribution is -2.44. The number of hydrogen-bond acceptors (Lipinski definition) is 5. The van der Waals surface area contributed by atoms with E-state index in [9.17, 15) is 14.4 Å². The zero-order valence-corrected chi connectivity index (χ0v) is 20.7. The molecule has 0 saturated heterocycles. The number of esters is 1. The molecule has 0 heterocycles. The first-order valence-electron chi connectivity index (χ1n) is 12.2. The van der Waals surface area contributed by atoms with Crippen LogP contribution in [-0.2, 0) is 32.3 Å². The van der Waals surface area contributed by atoms with E-state index in [0.717, 1.165) is 11.1 Å². The van der Waals surface area contributed by atoms with Crippen molar-refractivity contribution in [3.63, 3.8) is 0 Å². The number of amides is 2. The van der Waals surface area contributed by atoms with Crippen molar-refractivity contribution in [1.29, 1.82) is 0 Å². The van der Waals surface area contributed by atoms with Gasteiger partial charge in [0.1, 0.15) is 19.3 Å². The van der Waals surface area contributed by atoms with E-state index in [2.05, 4.69) is 10.6 Å². The molecule has 0 saturated carbocycles. The number of nitrogens with one attached hydrogen (secondary N) is 2. The van der Waals surface area contributed by atoms with Gasteiger partial charge in [-0.05, 0) is 22.3 Å². The zero-order valence-electron chi connectivity index (χ0n) is 20.7. The molecule has 0 aliphatic carbocycles. The van der Waals surface area contributed by atoms with Crippen molar-refractivity contribution in [2.24, 2.45) is 0 Å². The normalized spacial score (nSPS) is 12.0. The van der Waals surface area contributed by atoms with Gasteiger partial charge in [-0.15, -0.1) is 0 Å². The largest absolute Gasteiger partial charge is 0.459 e. The first-order valence-corrected chi connectivity index (χ1v) is 12.2. The molecule has 38 heavy (non-hydrogen) atoms. The summed E-state index contributed by atoms with van der Waals surface area (Å²) in [5.41, 5.74) is 2.72. The Balaban J connectivity index is 1.49. The van der Waals surface area contributed by atoms with Crippen molar-refractivity contribution in [2.45, 2.75) is 25.3 Å². The van der Waals surface area contributed by atoms with Gasteiger partial charge in [0.2, 0.25) is 5.91 Å². The predicted molar refractivity (Wildman–Crippen MR) is 143 cm³/mol. The molecule has 4 aromatic carbocycles. The van der Waals surface area contributed by atoms with Gasteiger partial charge in [0.15, 0.2) is 6.04 Å². The molecule has 2 N–H and O–H groups in total. The number of rotatable bonds is 10. The Morgan fingerprint density at radius 1 is 0.526 bits per heavy atom. The molecule has 0 radical (unpaired) electrons. The molecule has 0 spiro atoms. The Hall–Kier alpha value is -4.91. The lowest BCUT2D eigenvalue weighted by Gasteiger charge is -2.23. The molecule has 7 heteroatoms. The van der Waals surface area contributed by atoms with E-state index in [1.807, 2.05) is 66.7 Å². The average molecular weight is 509 g/mol. The standard InChI is InChI=1S/C31H28N2O5/c34-29(27(25-17-9-3-10-18-25)33-31(36)38-22-24-15-7-2-8-16-24)32-28(26-19-11-4-12-20-26)30(35)37-21-23-13-5-1-6-14-23/h1-20,27-28H,21-22H2,(H,32,34)(H,33,36)/t27-,28-/m0/s1. The second-order valence-corrected chi connectivity index (χ2v) is 8.50. The summed E-state index contributed by atoms with van der Waals surface area (Å²) in [5, 5.41) is 5.39. The molecule has 192 valence electrons. The third-order valence-electron chi connectivity index (χ3n) is 5.75. The Morgan fingerprint density at radius 2 is 0.947 bits per heavy atom. The van der Waals surface area contributed by atoms with E-state index in [0.29, 0.717) is 11.1 Å². The first-order chi connectivity index (χ1) is 18.6. The molecule has 0 aromatic heterocycles. The summed E-state index contributed by atoms with van der Waals surface area (Å²) >= 11 is 0. The third-order valence-corrected chi connectivity index (χ3v) is 5.75. The molecule has 0 aliphatic rings. The molecule has 7 nitrogen and oxygen atoms in total. The van der Waals surface area contributed by atoms with Gasteiger partial charge in [-0.1, -0.05) is 121 Å². The minimum atomic E-state index is -1.10. The second-order valence-electron chi connectivity index (χ2n) is 8.50. The maximum Gasteiger partial charge on any atom is 0.408 e. The van der Waals surface area contributed by atoms with Gasteiger partial charge < -0.3 is 20.1 Å². The van der Waals surface area contributed by atoms with Crippen LogP contribution >= 0.6 is 0 Å². The maximum absolute atomic E-state index is 13.5. The fraction of sp³-hybridized carbons (Fsp3) is 0.129. The quantitative estimate of drug-likeness (QED) is 0.285. The molecule has 4 aromatic rings. The summed E-state index contributed by atoms with van der Waals surface area (Å²) in [5.74, 6) is -1.20. The van der Waals surface area contributed by atoms with Gasteiger partial charge in [-0.3, -0.25) is 4.79 Å². The Labute approximate surface area is 221 Å². The van der Waals surface area contributed by atoms with Crippen LogP contribution in [0.4, 0.5) is 4.79 Å². The van der Waals surface area contributed by atoms with Crippen molar-refractivity contribution < 1.29 is 23.9 Å². The van der Waals surface area contributed by atoms with Crippen molar-refractivity contribution in [2.75, 3.05) is 0 Å². The molecule has 2 atom stereocenters. The second kappa shape index (κ2) is 13.4. The van der Waals surface area contributed by atoms with Crippen LogP contribution in [0.5, 0.6) is 0 Å². The smallest absolute Gasteiger partial charge is 0.408 e. The summed E-state index contributed by atoms with van der Waals surface area (Å²) in [4.78, 5) is 39.3. The molecule has 4 rings (SSSR count). The third kappa shape index (κ3) is 7.54. The van der Waals surface area contributed by atoms with Crippen LogP contribution in [0.3, 0.4) is 0 Å². The van der Waals surface area contributed by atoms with Gasteiger partial charge in [0.05, 0.1) is 0 Å². The molecule has 2 amide bonds. The van der Waals surface area contributed by atoms with Crippen molar-refractivity contribution in [3.8, 4) is 0 Å². The maximum atomic E-state index is 13.5. The summed E-state index contributed by atoms with van der Waals surface area (Å²) in [6.45, 7) is 0.110. The van der Waals surface area contributed by atoms with Crippen LogP contribution < -0.4 is 10.6 Å². The number of benzene rings is 4. The first kappa shape index (κ1) is 26.2. The monoisotopic (exact) mass is 508 g/mol. The lowest BCUT2D eigenvalue weighted by atomic mass is 10.0. The lowest BCUT2D eigenvalue weighted by molar-refractivity contribution is -0.149. The van der Waals surface area contributed by atoms with Crippen LogP contribution in [0.25, 0.3) is 0 Å². The van der Waals surface area contributed by atoms with Gasteiger partial charge in [-0.2, -0.15) is 0 Å². The summed E-state index contributed by atoms with van der Waals surface area (Å²) in [6.07, 6.45) is -0.763. The zero-order chi connectivity index (χ0) is 26.6. The van der Waals surface area contributed by atoms with Crippen LogP contribution in [-0.4, -0.2) is 18.0 Å². The van der Waals surface area contributed by atoms with E-state index >= 15 is 0 Å². The van der Waals surface area contributed by atoms with E-state index in [1.54, 1.807) is 54.6 Å². The van der Waals surface area contributed by atoms with E-state index in [4.69, 9.17) is 9.47 Å². The van der Waals surface area contributed by atoms with Crippen molar-refractivity contribution in [1.82, 2.24) is 10.6 Å². The fourth-order valence-electron chi connectivity index (χ4n) is 3.79. The minimum absolute atomic E-state index is 0.0499. The topological polar surface area (TPSA) is 93.7 Å². The van der Waals surface area contributed by atoms with E-state index in [1.165, 1.54) is 0 Å². The Bertz CT molecular complexity index is 1320. The highest BCUT2D eigenvalue weighted by molar-refractivity contribution is 5.91. The number of alkyl carbamates (subject to hydrolysis) is 1. The molecular weight excluding hydrogens is 480 g/mol. The predicted octanol–water partition coefficient (Wildman–Crippen LogP) is 5.26. The van der Waals surface area contributed by atoms with Crippen LogP contribution in [0, 0.1) is 0 Å². The minimum Gasteiger partial charge on any atom is -0.459 e. The number of carbonyl (C=O) groups excluding carboxylic acids is 3. The van der Waals surface area contributed by atoms with E-state index < -0.39 is 30.1 Å². The van der Waals surface area contributed by atoms with Gasteiger partial charge in [0, 0.05) is 0 Å². The van der Waals surface area contributed by atoms with Crippen LogP contribution in [0.15, 0.2) is 121 Å². The van der Waals surface area contributed by atoms with Crippen molar-refractivity contribution in [3.05, 3.63) is 144 Å². The Morgan fingerprint density at radius 3 is 1.45 bits per heavy atom. The SMILES string of the molecule is O=C(N[C@H](C(=O)N[C@H](C(=O)OCc1ccccc1)c1ccccc1)c1ccccc1)OCc1ccccc1. The van der Waals surface area contributed by atoms with Crippen LogP contribution in [0.1, 0.15) is 34.3 Å². The highest BCUT2D eigenvalue weighted by Crippen LogP contribution is 2.20. The fourth-order valence-corrected chi connectivity index (χ4v) is 3.79. The Kier molecular flexibility index (Phi) is 9.23. The highest BCUT2D eigenvalue weighted by atomic mass is 16.5. The van der Waals surface area contributed by atoms with Crippen molar-refractivity contribution >= 4 is 18.0 Å². The summed E-state index contributed by atoms with van der Waals surface area (Å²) < 4.78 is 10.9. The molecular formula is C31H28N2O5. The van der Waals surface area contributed by atoms with E-state index in [-0.39, 0.29) is 13.2 Å². The van der Waals surface area contributed by atoms with Crippen LogP contribution in [0.2, 0.25) is 0 Å². The number of hydrogen-bond donors (Lipinski definition) is 2. The van der Waals surface area contributed by atoms with Gasteiger partial charge >= 0.3 is 12.1 Å². The molecule has 0 fully saturated rings. The van der Waals surface area contributed by atoms with Gasteiger partial charge in [0.25, 0.3) is 0 Å².